The minimum atomic E-state index is 0.0874. The lowest BCUT2D eigenvalue weighted by Gasteiger charge is -2.16. The fourth-order valence-corrected chi connectivity index (χ4v) is 2.02. The van der Waals surface area contributed by atoms with Crippen LogP contribution in [0.1, 0.15) is 18.9 Å². The Kier molecular flexibility index (Phi) is 6.22. The molecule has 0 spiro atoms. The average molecular weight is 299 g/mol. The second-order valence-corrected chi connectivity index (χ2v) is 5.07. The molecule has 94 valence electrons. The second-order valence-electron chi connectivity index (χ2n) is 4.15. The number of hydrogen-bond acceptors (Lipinski definition) is 2. The van der Waals surface area contributed by atoms with Crippen LogP contribution in [0.2, 0.25) is 0 Å². The quantitative estimate of drug-likeness (QED) is 0.875. The summed E-state index contributed by atoms with van der Waals surface area (Å²) in [6.45, 7) is 4.01. The van der Waals surface area contributed by atoms with Crippen LogP contribution in [-0.4, -0.2) is 30.9 Å². The Balaban J connectivity index is 2.39. The molecule has 0 saturated carbocycles. The second kappa shape index (κ2) is 7.45. The van der Waals surface area contributed by atoms with E-state index in [9.17, 15) is 4.79 Å². The first kappa shape index (κ1) is 14.2. The summed E-state index contributed by atoms with van der Waals surface area (Å²) < 4.78 is 1.07. The number of halogens is 1. The number of nitrogens with zero attached hydrogens (tertiary/aromatic N) is 1. The van der Waals surface area contributed by atoms with Crippen LogP contribution in [0.25, 0.3) is 0 Å². The summed E-state index contributed by atoms with van der Waals surface area (Å²) in [5.41, 5.74) is 1.20. The Hall–Kier alpha value is -0.870. The molecule has 0 unspecified atom stereocenters. The predicted molar refractivity (Wildman–Crippen MR) is 73.8 cm³/mol. The molecule has 0 saturated heterocycles. The average Bonchev–Trinajstić information content (AvgIpc) is 2.26. The lowest BCUT2D eigenvalue weighted by molar-refractivity contribution is -0.122. The molecule has 0 heterocycles. The molecular formula is C13H19BrN2O. The van der Waals surface area contributed by atoms with E-state index in [1.807, 2.05) is 31.0 Å². The van der Waals surface area contributed by atoms with E-state index in [1.165, 1.54) is 5.56 Å². The molecule has 1 amide bonds. The molecule has 0 aliphatic rings. The van der Waals surface area contributed by atoms with E-state index in [-0.39, 0.29) is 5.91 Å². The minimum absolute atomic E-state index is 0.0874. The van der Waals surface area contributed by atoms with E-state index in [0.717, 1.165) is 24.0 Å². The van der Waals surface area contributed by atoms with Gasteiger partial charge in [0.15, 0.2) is 0 Å². The van der Waals surface area contributed by atoms with E-state index in [2.05, 4.69) is 33.4 Å². The third kappa shape index (κ3) is 5.84. The maximum atomic E-state index is 11.5. The van der Waals surface area contributed by atoms with Gasteiger partial charge in [0.1, 0.15) is 0 Å². The first-order chi connectivity index (χ1) is 8.11. The van der Waals surface area contributed by atoms with Crippen molar-refractivity contribution in [2.75, 3.05) is 20.1 Å². The molecular weight excluding hydrogens is 280 g/mol. The van der Waals surface area contributed by atoms with E-state index in [0.29, 0.717) is 6.54 Å². The molecule has 1 rings (SSSR count). The zero-order valence-corrected chi connectivity index (χ0v) is 12.0. The number of rotatable bonds is 6. The molecule has 3 nitrogen and oxygen atoms in total. The van der Waals surface area contributed by atoms with Crippen molar-refractivity contribution >= 4 is 21.8 Å². The van der Waals surface area contributed by atoms with Crippen LogP contribution in [0.3, 0.4) is 0 Å². The van der Waals surface area contributed by atoms with Gasteiger partial charge in [0, 0.05) is 17.6 Å². The van der Waals surface area contributed by atoms with Crippen LogP contribution in [0.15, 0.2) is 28.7 Å². The maximum Gasteiger partial charge on any atom is 0.234 e. The summed E-state index contributed by atoms with van der Waals surface area (Å²) in [6, 6.07) is 8.13. The summed E-state index contributed by atoms with van der Waals surface area (Å²) in [7, 11) is 1.95. The molecule has 1 aromatic rings. The first-order valence-electron chi connectivity index (χ1n) is 5.81. The van der Waals surface area contributed by atoms with Gasteiger partial charge in [-0.1, -0.05) is 35.0 Å². The van der Waals surface area contributed by atoms with Crippen molar-refractivity contribution in [3.05, 3.63) is 34.3 Å². The topological polar surface area (TPSA) is 32.3 Å². The standard InChI is InChI=1S/C13H19BrN2O/c1-3-7-15-13(17)10-16(2)9-11-5-4-6-12(14)8-11/h4-6,8H,3,7,9-10H2,1-2H3,(H,15,17). The Labute approximate surface area is 111 Å². The lowest BCUT2D eigenvalue weighted by atomic mass is 10.2. The highest BCUT2D eigenvalue weighted by atomic mass is 79.9. The van der Waals surface area contributed by atoms with E-state index >= 15 is 0 Å². The highest BCUT2D eigenvalue weighted by Gasteiger charge is 2.06. The molecule has 0 radical (unpaired) electrons. The van der Waals surface area contributed by atoms with Crippen LogP contribution in [-0.2, 0) is 11.3 Å². The highest BCUT2D eigenvalue weighted by Crippen LogP contribution is 2.12. The van der Waals surface area contributed by atoms with Crippen LogP contribution >= 0.6 is 15.9 Å². The smallest absolute Gasteiger partial charge is 0.234 e. The Morgan fingerprint density at radius 1 is 1.47 bits per heavy atom. The fraction of sp³-hybridized carbons (Fsp3) is 0.462. The van der Waals surface area contributed by atoms with Gasteiger partial charge in [-0.05, 0) is 31.2 Å². The highest BCUT2D eigenvalue weighted by molar-refractivity contribution is 9.10. The maximum absolute atomic E-state index is 11.5. The summed E-state index contributed by atoms with van der Waals surface area (Å²) in [6.07, 6.45) is 0.973. The zero-order valence-electron chi connectivity index (χ0n) is 10.4. The van der Waals surface area contributed by atoms with Gasteiger partial charge in [-0.3, -0.25) is 9.69 Å². The van der Waals surface area contributed by atoms with E-state index in [1.54, 1.807) is 0 Å². The van der Waals surface area contributed by atoms with Gasteiger partial charge in [0.25, 0.3) is 0 Å². The summed E-state index contributed by atoms with van der Waals surface area (Å²) in [4.78, 5) is 13.5. The van der Waals surface area contributed by atoms with Crippen molar-refractivity contribution in [1.29, 1.82) is 0 Å². The van der Waals surface area contributed by atoms with Gasteiger partial charge in [-0.15, -0.1) is 0 Å². The van der Waals surface area contributed by atoms with Gasteiger partial charge in [-0.25, -0.2) is 0 Å². The number of hydrogen-bond donors (Lipinski definition) is 1. The SMILES string of the molecule is CCCNC(=O)CN(C)Cc1cccc(Br)c1. The molecule has 0 fully saturated rings. The normalized spacial score (nSPS) is 10.6. The minimum Gasteiger partial charge on any atom is -0.355 e. The van der Waals surface area contributed by atoms with Gasteiger partial charge in [0.2, 0.25) is 5.91 Å². The van der Waals surface area contributed by atoms with E-state index < -0.39 is 0 Å². The van der Waals surface area contributed by atoms with Crippen molar-refractivity contribution in [1.82, 2.24) is 10.2 Å². The van der Waals surface area contributed by atoms with Crippen LogP contribution in [0, 0.1) is 0 Å². The van der Waals surface area contributed by atoms with Crippen LogP contribution in [0.5, 0.6) is 0 Å². The monoisotopic (exact) mass is 298 g/mol. The zero-order chi connectivity index (χ0) is 12.7. The van der Waals surface area contributed by atoms with Gasteiger partial charge in [0.05, 0.1) is 6.54 Å². The van der Waals surface area contributed by atoms with E-state index in [4.69, 9.17) is 0 Å². The van der Waals surface area contributed by atoms with Crippen molar-refractivity contribution in [2.45, 2.75) is 19.9 Å². The molecule has 1 N–H and O–H groups in total. The summed E-state index contributed by atoms with van der Waals surface area (Å²) in [5.74, 6) is 0.0874. The fourth-order valence-electron chi connectivity index (χ4n) is 1.57. The van der Waals surface area contributed by atoms with Crippen LogP contribution in [0.4, 0.5) is 0 Å². The van der Waals surface area contributed by atoms with Crippen molar-refractivity contribution in [3.63, 3.8) is 0 Å². The largest absolute Gasteiger partial charge is 0.355 e. The summed E-state index contributed by atoms with van der Waals surface area (Å²) in [5, 5.41) is 2.87. The van der Waals surface area contributed by atoms with Crippen molar-refractivity contribution in [3.8, 4) is 0 Å². The van der Waals surface area contributed by atoms with Crippen molar-refractivity contribution < 1.29 is 4.79 Å². The number of benzene rings is 1. The third-order valence-electron chi connectivity index (χ3n) is 2.33. The molecule has 0 aromatic heterocycles. The van der Waals surface area contributed by atoms with Crippen molar-refractivity contribution in [2.24, 2.45) is 0 Å². The number of amides is 1. The lowest BCUT2D eigenvalue weighted by Crippen LogP contribution is -2.35. The molecule has 0 bridgehead atoms. The Bertz CT molecular complexity index is 368. The number of nitrogens with one attached hydrogen (secondary N) is 1. The predicted octanol–water partition coefficient (Wildman–Crippen LogP) is 2.41. The molecule has 4 heteroatoms. The van der Waals surface area contributed by atoms with Gasteiger partial charge >= 0.3 is 0 Å². The number of carbonyl (C=O) groups excluding carboxylic acids is 1. The first-order valence-corrected chi connectivity index (χ1v) is 6.60. The Morgan fingerprint density at radius 3 is 2.88 bits per heavy atom. The molecule has 0 atom stereocenters. The van der Waals surface area contributed by atoms with Crippen LogP contribution < -0.4 is 5.32 Å². The molecule has 0 aliphatic carbocycles. The molecule has 1 aromatic carbocycles. The molecule has 0 aliphatic heterocycles. The number of likely N-dealkylation sites (N-methyl/N-ethyl adjacent to an activating group) is 1. The molecule has 17 heavy (non-hydrogen) atoms. The Morgan fingerprint density at radius 2 is 2.24 bits per heavy atom. The van der Waals surface area contributed by atoms with Gasteiger partial charge in [-0.2, -0.15) is 0 Å². The van der Waals surface area contributed by atoms with Gasteiger partial charge < -0.3 is 5.32 Å². The summed E-state index contributed by atoms with van der Waals surface area (Å²) >= 11 is 3.44. The third-order valence-corrected chi connectivity index (χ3v) is 2.82. The number of carbonyl (C=O) groups is 1.